The second kappa shape index (κ2) is 3.64. The van der Waals surface area contributed by atoms with Crippen LogP contribution in [0.25, 0.3) is 0 Å². The fraction of sp³-hybridized carbons (Fsp3) is 0. The monoisotopic (exact) mass is 152 g/mol. The van der Waals surface area contributed by atoms with Crippen molar-refractivity contribution in [3.8, 4) is 0 Å². The van der Waals surface area contributed by atoms with Crippen molar-refractivity contribution in [1.82, 2.24) is 0 Å². The quantitative estimate of drug-likeness (QED) is 0.437. The second-order valence-electron chi connectivity index (χ2n) is 1.10. The van der Waals surface area contributed by atoms with E-state index >= 15 is 0 Å². The first kappa shape index (κ1) is 7.66. The summed E-state index contributed by atoms with van der Waals surface area (Å²) in [5.74, 6) is 0. The lowest BCUT2D eigenvalue weighted by Crippen LogP contribution is -1.88. The lowest BCUT2D eigenvalue weighted by molar-refractivity contribution is 1.49. The van der Waals surface area contributed by atoms with Crippen molar-refractivity contribution in [3.05, 3.63) is 22.5 Å². The van der Waals surface area contributed by atoms with Crippen molar-refractivity contribution in [1.29, 1.82) is 0 Å². The van der Waals surface area contributed by atoms with Crippen LogP contribution in [0.4, 0.5) is 0 Å². The minimum Gasteiger partial charge on any atom is -0.389 e. The standard InChI is InChI=1S/C4H6Cl2N2/c5-3(7)1-2-4(6)8/h1-2H,7-8H2/b3-1-,4-2-. The number of nitrogens with two attached hydrogens (primary N) is 2. The van der Waals surface area contributed by atoms with Gasteiger partial charge < -0.3 is 11.5 Å². The van der Waals surface area contributed by atoms with Crippen molar-refractivity contribution in [2.24, 2.45) is 11.5 Å². The van der Waals surface area contributed by atoms with Crippen molar-refractivity contribution >= 4 is 23.2 Å². The Morgan fingerprint density at radius 2 is 1.25 bits per heavy atom. The first-order valence-corrected chi connectivity index (χ1v) is 2.62. The zero-order valence-corrected chi connectivity index (χ0v) is 5.58. The number of halogens is 2. The average Bonchev–Trinajstić information content (AvgIpc) is 1.61. The van der Waals surface area contributed by atoms with Gasteiger partial charge in [-0.25, -0.2) is 0 Å². The van der Waals surface area contributed by atoms with Gasteiger partial charge in [0.1, 0.15) is 0 Å². The van der Waals surface area contributed by atoms with E-state index in [1.54, 1.807) is 0 Å². The fourth-order valence-corrected chi connectivity index (χ4v) is 0.285. The molecule has 0 aliphatic rings. The van der Waals surface area contributed by atoms with Crippen LogP contribution in [0.15, 0.2) is 22.5 Å². The van der Waals surface area contributed by atoms with E-state index in [0.29, 0.717) is 0 Å². The Morgan fingerprint density at radius 3 is 1.38 bits per heavy atom. The molecule has 0 aromatic carbocycles. The van der Waals surface area contributed by atoms with E-state index < -0.39 is 0 Å². The van der Waals surface area contributed by atoms with E-state index in [0.717, 1.165) is 0 Å². The average molecular weight is 153 g/mol. The summed E-state index contributed by atoms with van der Waals surface area (Å²) in [4.78, 5) is 0. The molecule has 0 unspecified atom stereocenters. The smallest absolute Gasteiger partial charge is 0.0992 e. The Bertz CT molecular complexity index is 104. The molecule has 0 radical (unpaired) electrons. The van der Waals surface area contributed by atoms with Crippen LogP contribution >= 0.6 is 23.2 Å². The van der Waals surface area contributed by atoms with Gasteiger partial charge in [-0.2, -0.15) is 0 Å². The Hall–Kier alpha value is -0.340. The van der Waals surface area contributed by atoms with Gasteiger partial charge in [-0.05, 0) is 12.2 Å². The van der Waals surface area contributed by atoms with E-state index in [9.17, 15) is 0 Å². The van der Waals surface area contributed by atoms with E-state index in [2.05, 4.69) is 0 Å². The van der Waals surface area contributed by atoms with E-state index in [1.165, 1.54) is 12.2 Å². The number of rotatable bonds is 1. The third-order valence-corrected chi connectivity index (χ3v) is 0.654. The molecule has 0 aliphatic carbocycles. The number of allylic oxidation sites excluding steroid dienone is 2. The summed E-state index contributed by atoms with van der Waals surface area (Å²) in [5.41, 5.74) is 10.0. The zero-order chi connectivity index (χ0) is 6.57. The van der Waals surface area contributed by atoms with Gasteiger partial charge in [-0.1, -0.05) is 23.2 Å². The highest BCUT2D eigenvalue weighted by atomic mass is 35.5. The van der Waals surface area contributed by atoms with E-state index in [1.807, 2.05) is 0 Å². The van der Waals surface area contributed by atoms with Gasteiger partial charge in [0.05, 0.1) is 10.3 Å². The van der Waals surface area contributed by atoms with Crippen LogP contribution in [0.5, 0.6) is 0 Å². The summed E-state index contributed by atoms with van der Waals surface area (Å²) < 4.78 is 0. The largest absolute Gasteiger partial charge is 0.389 e. The summed E-state index contributed by atoms with van der Waals surface area (Å²) in [6.45, 7) is 0. The van der Waals surface area contributed by atoms with Crippen LogP contribution in [-0.4, -0.2) is 0 Å². The maximum atomic E-state index is 5.20. The SMILES string of the molecule is N/C(Cl)=C\C=C(/N)Cl. The highest BCUT2D eigenvalue weighted by molar-refractivity contribution is 6.30. The lowest BCUT2D eigenvalue weighted by Gasteiger charge is -1.81. The molecule has 0 aromatic rings. The van der Waals surface area contributed by atoms with Gasteiger partial charge in [0.25, 0.3) is 0 Å². The molecule has 0 aromatic heterocycles. The lowest BCUT2D eigenvalue weighted by atomic mass is 10.6. The molecule has 2 nitrogen and oxygen atoms in total. The van der Waals surface area contributed by atoms with Gasteiger partial charge in [-0.15, -0.1) is 0 Å². The Morgan fingerprint density at radius 1 is 1.00 bits per heavy atom. The van der Waals surface area contributed by atoms with Crippen molar-refractivity contribution in [2.45, 2.75) is 0 Å². The van der Waals surface area contributed by atoms with Gasteiger partial charge in [0.15, 0.2) is 0 Å². The van der Waals surface area contributed by atoms with Crippen molar-refractivity contribution in [3.63, 3.8) is 0 Å². The third-order valence-electron chi connectivity index (χ3n) is 0.402. The van der Waals surface area contributed by atoms with Crippen LogP contribution in [0.1, 0.15) is 0 Å². The maximum Gasteiger partial charge on any atom is 0.0992 e. The summed E-state index contributed by atoms with van der Waals surface area (Å²) in [7, 11) is 0. The molecule has 0 amide bonds. The summed E-state index contributed by atoms with van der Waals surface area (Å²) in [6, 6.07) is 0. The first-order chi connectivity index (χ1) is 3.63. The molecule has 0 heterocycles. The topological polar surface area (TPSA) is 52.0 Å². The Balaban J connectivity index is 3.76. The Kier molecular flexibility index (Phi) is 3.48. The Labute approximate surface area is 57.7 Å². The number of hydrogen-bond acceptors (Lipinski definition) is 2. The molecular weight excluding hydrogens is 147 g/mol. The van der Waals surface area contributed by atoms with Crippen LogP contribution in [0.3, 0.4) is 0 Å². The van der Waals surface area contributed by atoms with Gasteiger partial charge >= 0.3 is 0 Å². The van der Waals surface area contributed by atoms with Gasteiger partial charge in [-0.3, -0.25) is 0 Å². The predicted molar refractivity (Wildman–Crippen MR) is 36.2 cm³/mol. The van der Waals surface area contributed by atoms with Crippen molar-refractivity contribution in [2.75, 3.05) is 0 Å². The molecule has 4 heteroatoms. The predicted octanol–water partition coefficient (Wildman–Crippen LogP) is 1.06. The highest BCUT2D eigenvalue weighted by Gasteiger charge is 1.76. The number of hydrogen-bond donors (Lipinski definition) is 2. The molecule has 8 heavy (non-hydrogen) atoms. The summed E-state index contributed by atoms with van der Waals surface area (Å²) in [5, 5.41) is 0.321. The van der Waals surface area contributed by atoms with Gasteiger partial charge in [0.2, 0.25) is 0 Å². The molecule has 0 atom stereocenters. The van der Waals surface area contributed by atoms with Crippen LogP contribution in [-0.2, 0) is 0 Å². The van der Waals surface area contributed by atoms with Crippen LogP contribution in [0.2, 0.25) is 0 Å². The molecule has 0 fully saturated rings. The third kappa shape index (κ3) is 5.66. The molecule has 0 spiro atoms. The molecule has 0 saturated carbocycles. The van der Waals surface area contributed by atoms with E-state index in [-0.39, 0.29) is 10.3 Å². The molecule has 0 aliphatic heterocycles. The molecular formula is C4H6Cl2N2. The second-order valence-corrected chi connectivity index (χ2v) is 1.98. The molecule has 4 N–H and O–H groups in total. The normalized spacial score (nSPS) is 14.2. The first-order valence-electron chi connectivity index (χ1n) is 1.87. The van der Waals surface area contributed by atoms with Crippen LogP contribution < -0.4 is 11.5 Å². The van der Waals surface area contributed by atoms with Crippen LogP contribution in [0, 0.1) is 0 Å². The highest BCUT2D eigenvalue weighted by Crippen LogP contribution is 1.94. The molecule has 46 valence electrons. The summed E-state index contributed by atoms with van der Waals surface area (Å²) >= 11 is 10.4. The minimum atomic E-state index is 0.161. The minimum absolute atomic E-state index is 0.161. The van der Waals surface area contributed by atoms with Gasteiger partial charge in [0, 0.05) is 0 Å². The molecule has 0 rings (SSSR count). The fourth-order valence-electron chi connectivity index (χ4n) is 0.159. The van der Waals surface area contributed by atoms with Crippen molar-refractivity contribution < 1.29 is 0 Å². The molecule has 0 bridgehead atoms. The maximum absolute atomic E-state index is 5.20. The molecule has 0 saturated heterocycles. The van der Waals surface area contributed by atoms with E-state index in [4.69, 9.17) is 34.7 Å². The zero-order valence-electron chi connectivity index (χ0n) is 4.07. The summed E-state index contributed by atoms with van der Waals surface area (Å²) in [6.07, 6.45) is 2.81.